The highest BCUT2D eigenvalue weighted by Gasteiger charge is 2.34. The lowest BCUT2D eigenvalue weighted by molar-refractivity contribution is -0.422. The van der Waals surface area contributed by atoms with Crippen LogP contribution in [-0.4, -0.2) is 35.9 Å². The topological polar surface area (TPSA) is 84.7 Å². The largest absolute Gasteiger partial charge is 0.419 e. The molecule has 1 heterocycles. The molecule has 0 aliphatic carbocycles. The van der Waals surface area contributed by atoms with Gasteiger partial charge in [-0.2, -0.15) is 0 Å². The molecule has 0 atom stereocenters. The molecule has 7 nitrogen and oxygen atoms in total. The Morgan fingerprint density at radius 1 is 1.42 bits per heavy atom. The number of carbonyl (C=O) groups is 1. The Bertz CT molecular complexity index is 527. The molecule has 1 saturated heterocycles. The zero-order chi connectivity index (χ0) is 13.8. The van der Waals surface area contributed by atoms with Crippen LogP contribution < -0.4 is 10.1 Å². The lowest BCUT2D eigenvalue weighted by Crippen LogP contribution is -2.27. The van der Waals surface area contributed by atoms with Gasteiger partial charge >= 0.3 is 11.7 Å². The van der Waals surface area contributed by atoms with Gasteiger partial charge in [-0.15, -0.1) is 0 Å². The minimum Gasteiger partial charge on any atom is -0.418 e. The van der Waals surface area contributed by atoms with Crippen molar-refractivity contribution >= 4 is 5.97 Å². The van der Waals surface area contributed by atoms with E-state index in [1.54, 1.807) is 42.3 Å². The molecule has 1 aliphatic rings. The third kappa shape index (κ3) is 2.82. The third-order valence-corrected chi connectivity index (χ3v) is 2.68. The molecule has 19 heavy (non-hydrogen) atoms. The standard InChI is InChI=1S/C12H13N3O4/c1-14-8-7-13-11(14)10(15(17)18)12(16)19-9-5-3-2-4-6-9/h2-6,13H,7-8H2,1H3. The van der Waals surface area contributed by atoms with E-state index >= 15 is 0 Å². The molecule has 0 saturated carbocycles. The van der Waals surface area contributed by atoms with Crippen LogP contribution in [0.2, 0.25) is 0 Å². The van der Waals surface area contributed by atoms with Crippen molar-refractivity contribution in [2.75, 3.05) is 20.1 Å². The molecule has 0 unspecified atom stereocenters. The normalized spacial score (nSPS) is 16.8. The minimum atomic E-state index is -0.979. The van der Waals surface area contributed by atoms with E-state index in [2.05, 4.69) is 5.32 Å². The van der Waals surface area contributed by atoms with Gasteiger partial charge in [-0.05, 0) is 12.1 Å². The molecule has 1 aromatic carbocycles. The summed E-state index contributed by atoms with van der Waals surface area (Å²) in [6, 6.07) is 8.25. The Hall–Kier alpha value is -2.57. The average Bonchev–Trinajstić information content (AvgIpc) is 2.77. The summed E-state index contributed by atoms with van der Waals surface area (Å²) in [6.45, 7) is 1.16. The van der Waals surface area contributed by atoms with Crippen molar-refractivity contribution in [2.24, 2.45) is 0 Å². The first-order valence-corrected chi connectivity index (χ1v) is 5.70. The molecular weight excluding hydrogens is 250 g/mol. The Balaban J connectivity index is 2.26. The van der Waals surface area contributed by atoms with E-state index < -0.39 is 16.6 Å². The fraction of sp³-hybridized carbons (Fsp3) is 0.250. The molecule has 2 rings (SSSR count). The number of hydrogen-bond donors (Lipinski definition) is 1. The zero-order valence-electron chi connectivity index (χ0n) is 10.3. The number of esters is 1. The van der Waals surface area contributed by atoms with Gasteiger partial charge in [-0.3, -0.25) is 10.1 Å². The predicted octanol–water partition coefficient (Wildman–Crippen LogP) is 0.573. The molecule has 0 spiro atoms. The Morgan fingerprint density at radius 2 is 2.11 bits per heavy atom. The SMILES string of the molecule is CN1CCNC1=C(C(=O)Oc1ccccc1)[N+](=O)[O-]. The van der Waals surface area contributed by atoms with Crippen LogP contribution in [0.3, 0.4) is 0 Å². The number of nitrogens with zero attached hydrogens (tertiary/aromatic N) is 2. The number of nitro groups is 1. The van der Waals surface area contributed by atoms with Crippen LogP contribution >= 0.6 is 0 Å². The number of ether oxygens (including phenoxy) is 1. The number of carbonyl (C=O) groups excluding carboxylic acids is 1. The van der Waals surface area contributed by atoms with Gasteiger partial charge in [0, 0.05) is 20.1 Å². The average molecular weight is 263 g/mol. The van der Waals surface area contributed by atoms with Crippen molar-refractivity contribution in [1.29, 1.82) is 0 Å². The first-order valence-electron chi connectivity index (χ1n) is 5.70. The highest BCUT2D eigenvalue weighted by molar-refractivity contribution is 5.88. The van der Waals surface area contributed by atoms with Crippen LogP contribution in [-0.2, 0) is 4.79 Å². The fourth-order valence-electron chi connectivity index (χ4n) is 1.75. The van der Waals surface area contributed by atoms with Crippen molar-refractivity contribution in [1.82, 2.24) is 10.2 Å². The second-order valence-corrected chi connectivity index (χ2v) is 4.01. The monoisotopic (exact) mass is 263 g/mol. The number of likely N-dealkylation sites (N-methyl/N-ethyl adjacent to an activating group) is 1. The van der Waals surface area contributed by atoms with Gasteiger partial charge in [-0.25, -0.2) is 4.79 Å². The predicted molar refractivity (Wildman–Crippen MR) is 66.7 cm³/mol. The number of rotatable bonds is 3. The van der Waals surface area contributed by atoms with Crippen molar-refractivity contribution < 1.29 is 14.5 Å². The molecule has 1 aromatic rings. The second-order valence-electron chi connectivity index (χ2n) is 4.01. The fourth-order valence-corrected chi connectivity index (χ4v) is 1.75. The van der Waals surface area contributed by atoms with Gasteiger partial charge in [-0.1, -0.05) is 18.2 Å². The van der Waals surface area contributed by atoms with Crippen LogP contribution in [0.1, 0.15) is 0 Å². The number of para-hydroxylation sites is 1. The van der Waals surface area contributed by atoms with Crippen LogP contribution in [0.25, 0.3) is 0 Å². The van der Waals surface area contributed by atoms with Crippen LogP contribution in [0.4, 0.5) is 0 Å². The maximum absolute atomic E-state index is 11.9. The van der Waals surface area contributed by atoms with E-state index in [-0.39, 0.29) is 11.6 Å². The highest BCUT2D eigenvalue weighted by Crippen LogP contribution is 2.15. The zero-order valence-corrected chi connectivity index (χ0v) is 10.3. The lowest BCUT2D eigenvalue weighted by Gasteiger charge is -2.11. The molecule has 7 heteroatoms. The molecule has 0 aromatic heterocycles. The van der Waals surface area contributed by atoms with E-state index in [9.17, 15) is 14.9 Å². The van der Waals surface area contributed by atoms with E-state index in [1.807, 2.05) is 0 Å². The lowest BCUT2D eigenvalue weighted by atomic mass is 10.3. The molecule has 1 aliphatic heterocycles. The number of nitrogens with one attached hydrogen (secondary N) is 1. The van der Waals surface area contributed by atoms with Crippen LogP contribution in [0.5, 0.6) is 5.75 Å². The molecule has 1 N–H and O–H groups in total. The first-order chi connectivity index (χ1) is 9.09. The Labute approximate surface area is 109 Å². The molecular formula is C12H13N3O4. The summed E-state index contributed by atoms with van der Waals surface area (Å²) >= 11 is 0. The second kappa shape index (κ2) is 5.38. The van der Waals surface area contributed by atoms with E-state index in [0.29, 0.717) is 13.1 Å². The minimum absolute atomic E-state index is 0.186. The van der Waals surface area contributed by atoms with E-state index in [1.165, 1.54) is 0 Å². The molecule has 0 radical (unpaired) electrons. The van der Waals surface area contributed by atoms with Gasteiger partial charge < -0.3 is 15.0 Å². The molecule has 100 valence electrons. The summed E-state index contributed by atoms with van der Waals surface area (Å²) in [5.74, 6) is -0.522. The molecule has 1 fully saturated rings. The molecule has 0 amide bonds. The van der Waals surface area contributed by atoms with Crippen molar-refractivity contribution in [3.8, 4) is 5.75 Å². The number of hydrogen-bond acceptors (Lipinski definition) is 6. The van der Waals surface area contributed by atoms with Crippen molar-refractivity contribution in [3.05, 3.63) is 52.0 Å². The summed E-state index contributed by atoms with van der Waals surface area (Å²) in [4.78, 5) is 23.8. The Kier molecular flexibility index (Phi) is 3.65. The van der Waals surface area contributed by atoms with Crippen molar-refractivity contribution in [2.45, 2.75) is 0 Å². The smallest absolute Gasteiger partial charge is 0.418 e. The van der Waals surface area contributed by atoms with E-state index in [0.717, 1.165) is 0 Å². The maximum Gasteiger partial charge on any atom is 0.419 e. The first kappa shape index (κ1) is 12.9. The van der Waals surface area contributed by atoms with Gasteiger partial charge in [0.25, 0.3) is 0 Å². The van der Waals surface area contributed by atoms with Gasteiger partial charge in [0.2, 0.25) is 0 Å². The van der Waals surface area contributed by atoms with E-state index in [4.69, 9.17) is 4.74 Å². The summed E-state index contributed by atoms with van der Waals surface area (Å²) in [7, 11) is 1.68. The van der Waals surface area contributed by atoms with Crippen molar-refractivity contribution in [3.63, 3.8) is 0 Å². The molecule has 0 bridgehead atoms. The van der Waals surface area contributed by atoms with Crippen LogP contribution in [0.15, 0.2) is 41.8 Å². The number of benzene rings is 1. The third-order valence-electron chi connectivity index (χ3n) is 2.68. The summed E-state index contributed by atoms with van der Waals surface area (Å²) in [6.07, 6.45) is 0. The van der Waals surface area contributed by atoms with Gasteiger partial charge in [0.1, 0.15) is 5.75 Å². The summed E-state index contributed by atoms with van der Waals surface area (Å²) < 4.78 is 4.99. The van der Waals surface area contributed by atoms with Gasteiger partial charge in [0.05, 0.1) is 4.92 Å². The maximum atomic E-state index is 11.9. The quantitative estimate of drug-likeness (QED) is 0.282. The van der Waals surface area contributed by atoms with Gasteiger partial charge in [0.15, 0.2) is 5.82 Å². The summed E-state index contributed by atoms with van der Waals surface area (Å²) in [5, 5.41) is 13.9. The highest BCUT2D eigenvalue weighted by atomic mass is 16.6. The van der Waals surface area contributed by atoms with Crippen LogP contribution in [0, 0.1) is 10.1 Å². The Morgan fingerprint density at radius 3 is 2.63 bits per heavy atom. The summed E-state index contributed by atoms with van der Waals surface area (Å²) in [5.41, 5.74) is -0.580.